The van der Waals surface area contributed by atoms with E-state index in [9.17, 15) is 9.59 Å². The van der Waals surface area contributed by atoms with Crippen LogP contribution in [-0.2, 0) is 9.59 Å². The van der Waals surface area contributed by atoms with Crippen LogP contribution in [0.4, 0.5) is 0 Å². The molecule has 0 aromatic rings. The van der Waals surface area contributed by atoms with Crippen molar-refractivity contribution in [1.29, 1.82) is 0 Å². The molecule has 0 aliphatic heterocycles. The van der Waals surface area contributed by atoms with E-state index in [0.717, 1.165) is 0 Å². The number of nitrogens with one attached hydrogen (secondary N) is 1. The fourth-order valence-corrected chi connectivity index (χ4v) is 0.559. The first-order valence-electron chi connectivity index (χ1n) is 2.81. The van der Waals surface area contributed by atoms with Gasteiger partial charge in [0.2, 0.25) is 0 Å². The van der Waals surface area contributed by atoms with Crippen LogP contribution in [0.3, 0.4) is 0 Å². The lowest BCUT2D eigenvalue weighted by molar-refractivity contribution is -0.155. The van der Waals surface area contributed by atoms with Crippen molar-refractivity contribution < 1.29 is 24.9 Å². The number of hydrogen-bond acceptors (Lipinski definition) is 4. The van der Waals surface area contributed by atoms with E-state index >= 15 is 0 Å². The molecule has 0 aromatic carbocycles. The quantitative estimate of drug-likeness (QED) is 0.386. The van der Waals surface area contributed by atoms with Crippen LogP contribution in [0.15, 0.2) is 0 Å². The van der Waals surface area contributed by atoms with Gasteiger partial charge in [-0.15, -0.1) is 0 Å². The van der Waals surface area contributed by atoms with Crippen molar-refractivity contribution in [3.05, 3.63) is 0 Å². The SMILES string of the molecule is CN[C@H](C(=O)O)[C@@H](O)C(=O)O. The van der Waals surface area contributed by atoms with Crippen LogP contribution in [0.1, 0.15) is 0 Å². The van der Waals surface area contributed by atoms with Crippen molar-refractivity contribution in [1.82, 2.24) is 5.32 Å². The molecule has 2 atom stereocenters. The molecule has 6 nitrogen and oxygen atoms in total. The normalized spacial score (nSPS) is 15.5. The first-order valence-corrected chi connectivity index (χ1v) is 2.81. The standard InChI is InChI=1S/C5H9NO5/c1-6-2(4(8)9)3(7)5(10)11/h2-3,6-7H,1H3,(H,8,9)(H,10,11)/t2-,3+/m0/s1. The topological polar surface area (TPSA) is 107 Å². The molecule has 0 saturated heterocycles. The Labute approximate surface area is 62.5 Å². The van der Waals surface area contributed by atoms with Crippen LogP contribution in [0, 0.1) is 0 Å². The highest BCUT2D eigenvalue weighted by Gasteiger charge is 2.30. The second-order valence-corrected chi connectivity index (χ2v) is 1.89. The summed E-state index contributed by atoms with van der Waals surface area (Å²) in [6.07, 6.45) is -1.92. The van der Waals surface area contributed by atoms with Crippen molar-refractivity contribution >= 4 is 11.9 Å². The maximum Gasteiger partial charge on any atom is 0.334 e. The Balaban J connectivity index is 4.25. The highest BCUT2D eigenvalue weighted by atomic mass is 16.4. The number of carboxylic acids is 2. The maximum atomic E-state index is 10.2. The Hall–Kier alpha value is -1.14. The molecule has 0 fully saturated rings. The maximum absolute atomic E-state index is 10.2. The Morgan fingerprint density at radius 1 is 1.27 bits per heavy atom. The van der Waals surface area contributed by atoms with Gasteiger partial charge in [-0.1, -0.05) is 0 Å². The summed E-state index contributed by atoms with van der Waals surface area (Å²) in [4.78, 5) is 20.2. The Kier molecular flexibility index (Phi) is 3.49. The molecule has 0 aliphatic rings. The van der Waals surface area contributed by atoms with Gasteiger partial charge in [0.1, 0.15) is 6.04 Å². The summed E-state index contributed by atoms with van der Waals surface area (Å²) >= 11 is 0. The Morgan fingerprint density at radius 3 is 1.82 bits per heavy atom. The summed E-state index contributed by atoms with van der Waals surface area (Å²) in [7, 11) is 1.25. The zero-order valence-corrected chi connectivity index (χ0v) is 5.81. The van der Waals surface area contributed by atoms with E-state index < -0.39 is 24.1 Å². The fourth-order valence-electron chi connectivity index (χ4n) is 0.559. The number of likely N-dealkylation sites (N-methyl/N-ethyl adjacent to an activating group) is 1. The van der Waals surface area contributed by atoms with Gasteiger partial charge in [-0.3, -0.25) is 4.79 Å². The Bertz CT molecular complexity index is 168. The second kappa shape index (κ2) is 3.89. The fraction of sp³-hybridized carbons (Fsp3) is 0.600. The number of hydrogen-bond donors (Lipinski definition) is 4. The first kappa shape index (κ1) is 9.86. The van der Waals surface area contributed by atoms with Crippen LogP contribution >= 0.6 is 0 Å². The minimum absolute atomic E-state index is 1.25. The van der Waals surface area contributed by atoms with E-state index in [0.29, 0.717) is 0 Å². The highest BCUT2D eigenvalue weighted by molar-refractivity contribution is 5.84. The van der Waals surface area contributed by atoms with Gasteiger partial charge < -0.3 is 20.6 Å². The summed E-state index contributed by atoms with van der Waals surface area (Å²) < 4.78 is 0. The molecule has 0 amide bonds. The van der Waals surface area contributed by atoms with Gasteiger partial charge in [0.05, 0.1) is 0 Å². The number of carbonyl (C=O) groups is 2. The highest BCUT2D eigenvalue weighted by Crippen LogP contribution is 1.92. The monoisotopic (exact) mass is 163 g/mol. The van der Waals surface area contributed by atoms with Gasteiger partial charge in [-0.25, -0.2) is 4.79 Å². The van der Waals surface area contributed by atoms with Crippen molar-refractivity contribution in [2.45, 2.75) is 12.1 Å². The third-order valence-electron chi connectivity index (χ3n) is 1.15. The number of rotatable bonds is 4. The summed E-state index contributed by atoms with van der Waals surface area (Å²) in [6.45, 7) is 0. The lowest BCUT2D eigenvalue weighted by Gasteiger charge is -2.13. The molecule has 6 heteroatoms. The van der Waals surface area contributed by atoms with Gasteiger partial charge in [0.25, 0.3) is 0 Å². The molecule has 0 aromatic heterocycles. The van der Waals surface area contributed by atoms with Gasteiger partial charge in [-0.05, 0) is 7.05 Å². The minimum Gasteiger partial charge on any atom is -0.480 e. The third kappa shape index (κ3) is 2.52. The zero-order chi connectivity index (χ0) is 9.02. The largest absolute Gasteiger partial charge is 0.480 e. The molecule has 0 unspecified atom stereocenters. The summed E-state index contributed by atoms with van der Waals surface area (Å²) in [6, 6.07) is -1.47. The second-order valence-electron chi connectivity index (χ2n) is 1.89. The van der Waals surface area contributed by atoms with E-state index in [1.807, 2.05) is 0 Å². The van der Waals surface area contributed by atoms with Gasteiger partial charge in [0, 0.05) is 0 Å². The van der Waals surface area contributed by atoms with E-state index in [1.54, 1.807) is 0 Å². The predicted molar refractivity (Wildman–Crippen MR) is 34.1 cm³/mol. The molecular formula is C5H9NO5. The van der Waals surface area contributed by atoms with E-state index in [-0.39, 0.29) is 0 Å². The third-order valence-corrected chi connectivity index (χ3v) is 1.15. The molecule has 0 radical (unpaired) electrons. The molecule has 0 rings (SSSR count). The van der Waals surface area contributed by atoms with Crippen LogP contribution in [0.2, 0.25) is 0 Å². The molecular weight excluding hydrogens is 154 g/mol. The lowest BCUT2D eigenvalue weighted by atomic mass is 10.2. The van der Waals surface area contributed by atoms with Gasteiger partial charge >= 0.3 is 11.9 Å². The molecule has 0 saturated carbocycles. The number of aliphatic hydroxyl groups is 1. The summed E-state index contributed by atoms with van der Waals surface area (Å²) in [5, 5.41) is 27.4. The van der Waals surface area contributed by atoms with Crippen LogP contribution < -0.4 is 5.32 Å². The molecule has 0 spiro atoms. The van der Waals surface area contributed by atoms with Crippen molar-refractivity contribution in [3.8, 4) is 0 Å². The summed E-state index contributed by atoms with van der Waals surface area (Å²) in [5.41, 5.74) is 0. The van der Waals surface area contributed by atoms with Crippen molar-refractivity contribution in [2.24, 2.45) is 0 Å². The average molecular weight is 163 g/mol. The molecule has 0 heterocycles. The van der Waals surface area contributed by atoms with Crippen LogP contribution in [-0.4, -0.2) is 46.5 Å². The molecule has 11 heavy (non-hydrogen) atoms. The first-order chi connectivity index (χ1) is 5.00. The van der Waals surface area contributed by atoms with Crippen molar-refractivity contribution in [2.75, 3.05) is 7.05 Å². The van der Waals surface area contributed by atoms with Crippen LogP contribution in [0.5, 0.6) is 0 Å². The Morgan fingerprint density at radius 2 is 1.73 bits per heavy atom. The average Bonchev–Trinajstić information content (AvgIpc) is 1.88. The molecule has 0 aliphatic carbocycles. The van der Waals surface area contributed by atoms with Crippen LogP contribution in [0.25, 0.3) is 0 Å². The molecule has 64 valence electrons. The minimum atomic E-state index is -1.92. The smallest absolute Gasteiger partial charge is 0.334 e. The van der Waals surface area contributed by atoms with Gasteiger partial charge in [-0.2, -0.15) is 0 Å². The van der Waals surface area contributed by atoms with Gasteiger partial charge in [0.15, 0.2) is 6.10 Å². The zero-order valence-electron chi connectivity index (χ0n) is 5.81. The number of carboxylic acid groups (broad SMARTS) is 2. The number of aliphatic carboxylic acids is 2. The number of aliphatic hydroxyl groups excluding tert-OH is 1. The van der Waals surface area contributed by atoms with E-state index in [2.05, 4.69) is 5.32 Å². The summed E-state index contributed by atoms with van der Waals surface area (Å²) in [5.74, 6) is -2.96. The van der Waals surface area contributed by atoms with E-state index in [1.165, 1.54) is 7.05 Å². The molecule has 4 N–H and O–H groups in total. The van der Waals surface area contributed by atoms with Crippen molar-refractivity contribution in [3.63, 3.8) is 0 Å². The predicted octanol–water partition coefficient (Wildman–Crippen LogP) is -1.90. The van der Waals surface area contributed by atoms with E-state index in [4.69, 9.17) is 15.3 Å². The lowest BCUT2D eigenvalue weighted by Crippen LogP contribution is -2.48. The molecule has 0 bridgehead atoms.